The molecular weight excluding hydrogens is 328 g/mol. The van der Waals surface area contributed by atoms with E-state index in [2.05, 4.69) is 29.8 Å². The molecule has 0 aromatic heterocycles. The van der Waals surface area contributed by atoms with Gasteiger partial charge in [0, 0.05) is 24.5 Å². The number of hydrogen-bond acceptors (Lipinski definition) is 2. The third-order valence-electron chi connectivity index (χ3n) is 4.38. The number of urea groups is 2. The zero-order chi connectivity index (χ0) is 18.5. The summed E-state index contributed by atoms with van der Waals surface area (Å²) in [7, 11) is 0. The van der Waals surface area contributed by atoms with Gasteiger partial charge in [0.2, 0.25) is 0 Å². The highest BCUT2D eigenvalue weighted by molar-refractivity contribution is 5.95. The SMILES string of the molecule is CC(C)C(NC(=O)Nc1cccc(N2CCNC2=O)c1)c1ccccc1. The van der Waals surface area contributed by atoms with Gasteiger partial charge in [0.05, 0.1) is 6.04 Å². The van der Waals surface area contributed by atoms with E-state index in [9.17, 15) is 9.59 Å². The van der Waals surface area contributed by atoms with Crippen LogP contribution < -0.4 is 20.9 Å². The lowest BCUT2D eigenvalue weighted by atomic mass is 9.96. The zero-order valence-electron chi connectivity index (χ0n) is 15.0. The number of carbonyl (C=O) groups is 2. The molecule has 0 radical (unpaired) electrons. The summed E-state index contributed by atoms with van der Waals surface area (Å²) in [6.07, 6.45) is 0. The van der Waals surface area contributed by atoms with E-state index < -0.39 is 0 Å². The first-order chi connectivity index (χ1) is 12.5. The molecule has 0 saturated carbocycles. The Balaban J connectivity index is 1.68. The molecule has 0 spiro atoms. The number of nitrogens with one attached hydrogen (secondary N) is 3. The predicted octanol–water partition coefficient (Wildman–Crippen LogP) is 3.74. The third-order valence-corrected chi connectivity index (χ3v) is 4.38. The Hall–Kier alpha value is -3.02. The molecule has 2 aromatic carbocycles. The molecule has 1 saturated heterocycles. The van der Waals surface area contributed by atoms with E-state index in [0.29, 0.717) is 18.8 Å². The zero-order valence-corrected chi connectivity index (χ0v) is 15.0. The molecule has 1 heterocycles. The van der Waals surface area contributed by atoms with Crippen LogP contribution in [0.15, 0.2) is 54.6 Å². The van der Waals surface area contributed by atoms with Gasteiger partial charge in [-0.3, -0.25) is 4.90 Å². The molecule has 3 rings (SSSR count). The van der Waals surface area contributed by atoms with E-state index in [1.807, 2.05) is 48.5 Å². The molecule has 1 fully saturated rings. The number of benzene rings is 2. The van der Waals surface area contributed by atoms with Crippen molar-refractivity contribution >= 4 is 23.4 Å². The van der Waals surface area contributed by atoms with Gasteiger partial charge in [-0.15, -0.1) is 0 Å². The summed E-state index contributed by atoms with van der Waals surface area (Å²) in [5.74, 6) is 0.253. The van der Waals surface area contributed by atoms with Crippen LogP contribution in [-0.2, 0) is 0 Å². The van der Waals surface area contributed by atoms with Gasteiger partial charge in [0.25, 0.3) is 0 Å². The first-order valence-corrected chi connectivity index (χ1v) is 8.82. The minimum Gasteiger partial charge on any atom is -0.336 e. The molecular formula is C20H24N4O2. The van der Waals surface area contributed by atoms with Crippen molar-refractivity contribution in [2.75, 3.05) is 23.3 Å². The lowest BCUT2D eigenvalue weighted by Crippen LogP contribution is -2.35. The summed E-state index contributed by atoms with van der Waals surface area (Å²) in [5, 5.41) is 8.68. The quantitative estimate of drug-likeness (QED) is 0.767. The molecule has 4 amide bonds. The number of hydrogen-bond donors (Lipinski definition) is 3. The van der Waals surface area contributed by atoms with Crippen LogP contribution in [0.5, 0.6) is 0 Å². The summed E-state index contributed by atoms with van der Waals surface area (Å²) >= 11 is 0. The Labute approximate surface area is 153 Å². The van der Waals surface area contributed by atoms with E-state index in [4.69, 9.17) is 0 Å². The fourth-order valence-electron chi connectivity index (χ4n) is 3.07. The Kier molecular flexibility index (Phi) is 5.41. The van der Waals surface area contributed by atoms with Crippen molar-refractivity contribution in [3.8, 4) is 0 Å². The molecule has 0 aliphatic carbocycles. The molecule has 1 aliphatic heterocycles. The highest BCUT2D eigenvalue weighted by Crippen LogP contribution is 2.23. The van der Waals surface area contributed by atoms with E-state index in [1.165, 1.54) is 0 Å². The summed E-state index contributed by atoms with van der Waals surface area (Å²) in [6.45, 7) is 5.40. The van der Waals surface area contributed by atoms with Crippen LogP contribution in [0, 0.1) is 5.92 Å². The minimum absolute atomic E-state index is 0.0799. The van der Waals surface area contributed by atoms with E-state index in [1.54, 1.807) is 11.0 Å². The van der Waals surface area contributed by atoms with Gasteiger partial charge in [-0.25, -0.2) is 9.59 Å². The monoisotopic (exact) mass is 352 g/mol. The van der Waals surface area contributed by atoms with Gasteiger partial charge in [-0.2, -0.15) is 0 Å². The molecule has 26 heavy (non-hydrogen) atoms. The van der Waals surface area contributed by atoms with Crippen molar-refractivity contribution < 1.29 is 9.59 Å². The van der Waals surface area contributed by atoms with Crippen molar-refractivity contribution in [1.29, 1.82) is 0 Å². The van der Waals surface area contributed by atoms with Crippen LogP contribution in [0.1, 0.15) is 25.5 Å². The highest BCUT2D eigenvalue weighted by Gasteiger charge is 2.22. The predicted molar refractivity (Wildman–Crippen MR) is 103 cm³/mol. The second-order valence-corrected chi connectivity index (χ2v) is 6.66. The Morgan fingerprint density at radius 3 is 2.54 bits per heavy atom. The molecule has 1 aliphatic rings. The Morgan fingerprint density at radius 2 is 1.88 bits per heavy atom. The van der Waals surface area contributed by atoms with Crippen LogP contribution in [-0.4, -0.2) is 25.2 Å². The molecule has 1 atom stereocenters. The summed E-state index contributed by atoms with van der Waals surface area (Å²) < 4.78 is 0. The second-order valence-electron chi connectivity index (χ2n) is 6.66. The number of amides is 4. The molecule has 6 nitrogen and oxygen atoms in total. The maximum absolute atomic E-state index is 12.5. The number of nitrogens with zero attached hydrogens (tertiary/aromatic N) is 1. The van der Waals surface area contributed by atoms with Crippen LogP contribution >= 0.6 is 0 Å². The van der Waals surface area contributed by atoms with Crippen molar-refractivity contribution in [2.45, 2.75) is 19.9 Å². The normalized spacial score (nSPS) is 14.9. The fourth-order valence-corrected chi connectivity index (χ4v) is 3.07. The maximum Gasteiger partial charge on any atom is 0.321 e. The summed E-state index contributed by atoms with van der Waals surface area (Å²) in [6, 6.07) is 16.7. The second kappa shape index (κ2) is 7.91. The van der Waals surface area contributed by atoms with Gasteiger partial charge in [0.15, 0.2) is 0 Å². The van der Waals surface area contributed by atoms with Crippen molar-refractivity contribution in [3.05, 3.63) is 60.2 Å². The minimum atomic E-state index is -0.268. The van der Waals surface area contributed by atoms with Crippen LogP contribution in [0.3, 0.4) is 0 Å². The molecule has 6 heteroatoms. The van der Waals surface area contributed by atoms with Gasteiger partial charge in [-0.1, -0.05) is 50.2 Å². The lowest BCUT2D eigenvalue weighted by Gasteiger charge is -2.23. The molecule has 0 bridgehead atoms. The van der Waals surface area contributed by atoms with Crippen molar-refractivity contribution in [1.82, 2.24) is 10.6 Å². The van der Waals surface area contributed by atoms with Crippen LogP contribution in [0.25, 0.3) is 0 Å². The topological polar surface area (TPSA) is 73.5 Å². The Bertz CT molecular complexity index is 776. The molecule has 1 unspecified atom stereocenters. The number of carbonyl (C=O) groups excluding carboxylic acids is 2. The van der Waals surface area contributed by atoms with Gasteiger partial charge in [0.1, 0.15) is 0 Å². The molecule has 136 valence electrons. The van der Waals surface area contributed by atoms with E-state index >= 15 is 0 Å². The molecule has 3 N–H and O–H groups in total. The largest absolute Gasteiger partial charge is 0.336 e. The number of anilines is 2. The third kappa shape index (κ3) is 4.14. The molecule has 2 aromatic rings. The summed E-state index contributed by atoms with van der Waals surface area (Å²) in [4.78, 5) is 25.9. The van der Waals surface area contributed by atoms with Crippen LogP contribution in [0.4, 0.5) is 21.0 Å². The Morgan fingerprint density at radius 1 is 1.12 bits per heavy atom. The standard InChI is InChI=1S/C20H24N4O2/c1-14(2)18(15-7-4-3-5-8-15)23-19(25)22-16-9-6-10-17(13-16)24-12-11-21-20(24)26/h3-10,13-14,18H,11-12H2,1-2H3,(H,21,26)(H2,22,23,25). The highest BCUT2D eigenvalue weighted by atomic mass is 16.2. The van der Waals surface area contributed by atoms with Crippen molar-refractivity contribution in [3.63, 3.8) is 0 Å². The van der Waals surface area contributed by atoms with Gasteiger partial charge < -0.3 is 16.0 Å². The summed E-state index contributed by atoms with van der Waals surface area (Å²) in [5.41, 5.74) is 2.48. The average Bonchev–Trinajstić information content (AvgIpc) is 3.06. The maximum atomic E-state index is 12.5. The van der Waals surface area contributed by atoms with Gasteiger partial charge in [-0.05, 0) is 29.7 Å². The average molecular weight is 352 g/mol. The number of rotatable bonds is 5. The van der Waals surface area contributed by atoms with E-state index in [-0.39, 0.29) is 24.0 Å². The lowest BCUT2D eigenvalue weighted by molar-refractivity contribution is 0.244. The van der Waals surface area contributed by atoms with E-state index in [0.717, 1.165) is 11.3 Å². The first-order valence-electron chi connectivity index (χ1n) is 8.82. The van der Waals surface area contributed by atoms with Crippen LogP contribution in [0.2, 0.25) is 0 Å². The van der Waals surface area contributed by atoms with Crippen molar-refractivity contribution in [2.24, 2.45) is 5.92 Å². The fraction of sp³-hybridized carbons (Fsp3) is 0.300. The smallest absolute Gasteiger partial charge is 0.321 e. The van der Waals surface area contributed by atoms with Gasteiger partial charge >= 0.3 is 12.1 Å². The first kappa shape index (κ1) is 17.8.